The number of aromatic nitrogens is 1. The lowest BCUT2D eigenvalue weighted by Gasteiger charge is -2.35. The third-order valence-electron chi connectivity index (χ3n) is 6.43. The molecule has 0 spiro atoms. The zero-order valence-corrected chi connectivity index (χ0v) is 21.8. The number of rotatable bonds is 8. The summed E-state index contributed by atoms with van der Waals surface area (Å²) in [5.41, 5.74) is 2.31. The van der Waals surface area contributed by atoms with Gasteiger partial charge in [0.1, 0.15) is 11.8 Å². The minimum absolute atomic E-state index is 0.0332. The first-order valence-corrected chi connectivity index (χ1v) is 14.2. The van der Waals surface area contributed by atoms with Crippen LogP contribution in [0.4, 0.5) is 0 Å². The number of nitrogens with zero attached hydrogens (tertiary/aromatic N) is 3. The summed E-state index contributed by atoms with van der Waals surface area (Å²) in [5, 5.41) is 3.02. The Morgan fingerprint density at radius 1 is 1.23 bits per heavy atom. The molecule has 188 valence electrons. The fourth-order valence-corrected chi connectivity index (χ4v) is 6.49. The van der Waals surface area contributed by atoms with Gasteiger partial charge in [-0.3, -0.25) is 19.4 Å². The molecule has 0 radical (unpaired) electrons. The first-order chi connectivity index (χ1) is 16.9. The molecule has 1 unspecified atom stereocenters. The molecule has 2 aliphatic rings. The highest BCUT2D eigenvalue weighted by Gasteiger charge is 2.37. The van der Waals surface area contributed by atoms with Crippen LogP contribution in [0.3, 0.4) is 0 Å². The fraction of sp³-hybridized carbons (Fsp3) is 0.520. The zero-order chi connectivity index (χ0) is 24.8. The number of nitrogens with one attached hydrogen (secondary N) is 1. The van der Waals surface area contributed by atoms with Crippen LogP contribution in [0.1, 0.15) is 53.2 Å². The van der Waals surface area contributed by atoms with Crippen LogP contribution in [0.15, 0.2) is 34.9 Å². The topological polar surface area (TPSA) is 95.8 Å². The lowest BCUT2D eigenvalue weighted by molar-refractivity contribution is -0.143. The van der Waals surface area contributed by atoms with E-state index in [1.165, 1.54) is 6.92 Å². The number of carbonyl (C=O) groups is 3. The second-order valence-electron chi connectivity index (χ2n) is 8.88. The molecular formula is C25H32N4O4S2. The third kappa shape index (κ3) is 6.41. The maximum atomic E-state index is 13.1. The quantitative estimate of drug-likeness (QED) is 0.538. The average Bonchev–Trinajstić information content (AvgIpc) is 3.56. The summed E-state index contributed by atoms with van der Waals surface area (Å²) in [6.45, 7) is 5.24. The molecule has 3 amide bonds. The van der Waals surface area contributed by atoms with Gasteiger partial charge in [0.15, 0.2) is 0 Å². The van der Waals surface area contributed by atoms with Gasteiger partial charge in [0.25, 0.3) is 5.91 Å². The van der Waals surface area contributed by atoms with Crippen molar-refractivity contribution in [2.45, 2.75) is 44.4 Å². The number of amides is 3. The van der Waals surface area contributed by atoms with E-state index >= 15 is 0 Å². The van der Waals surface area contributed by atoms with Crippen molar-refractivity contribution in [2.75, 3.05) is 37.0 Å². The molecule has 4 heterocycles. The van der Waals surface area contributed by atoms with Gasteiger partial charge in [-0.05, 0) is 44.0 Å². The Labute approximate surface area is 214 Å². The van der Waals surface area contributed by atoms with E-state index in [0.717, 1.165) is 41.5 Å². The van der Waals surface area contributed by atoms with E-state index in [1.807, 2.05) is 36.1 Å². The predicted octanol–water partition coefficient (Wildman–Crippen LogP) is 3.27. The highest BCUT2D eigenvalue weighted by atomic mass is 32.2. The molecule has 0 aliphatic carbocycles. The zero-order valence-electron chi connectivity index (χ0n) is 20.2. The van der Waals surface area contributed by atoms with Crippen LogP contribution in [0.2, 0.25) is 0 Å². The van der Waals surface area contributed by atoms with E-state index in [1.54, 1.807) is 34.7 Å². The standard InChI is InChI=1S/C25H32N4O4S2/c1-17-5-6-21(24(31)26-9-13-34-14-20-4-3-12-33-20)23(27-17)19-7-10-28(11-8-19)25(32)22-15-35-16-29(22)18(2)30/h3-6,12,19,22H,7-11,13-16H2,1-2H3,(H,26,31). The number of hydrogen-bond acceptors (Lipinski definition) is 7. The molecule has 2 fully saturated rings. The van der Waals surface area contributed by atoms with Crippen LogP contribution >= 0.6 is 23.5 Å². The highest BCUT2D eigenvalue weighted by Crippen LogP contribution is 2.31. The van der Waals surface area contributed by atoms with Crippen LogP contribution in [0.5, 0.6) is 0 Å². The number of pyridine rings is 1. The van der Waals surface area contributed by atoms with Crippen molar-refractivity contribution < 1.29 is 18.8 Å². The largest absolute Gasteiger partial charge is 0.468 e. The molecular weight excluding hydrogens is 484 g/mol. The number of carbonyl (C=O) groups excluding carboxylic acids is 3. The summed E-state index contributed by atoms with van der Waals surface area (Å²) in [7, 11) is 0. The van der Waals surface area contributed by atoms with Gasteiger partial charge in [-0.15, -0.1) is 11.8 Å². The second kappa shape index (κ2) is 12.0. The van der Waals surface area contributed by atoms with Crippen molar-refractivity contribution >= 4 is 41.2 Å². The number of thioether (sulfide) groups is 2. The van der Waals surface area contributed by atoms with Crippen molar-refractivity contribution in [2.24, 2.45) is 0 Å². The molecule has 0 saturated carbocycles. The van der Waals surface area contributed by atoms with Crippen LogP contribution in [0.25, 0.3) is 0 Å². The van der Waals surface area contributed by atoms with Crippen molar-refractivity contribution in [1.29, 1.82) is 0 Å². The van der Waals surface area contributed by atoms with E-state index in [2.05, 4.69) is 5.32 Å². The number of likely N-dealkylation sites (tertiary alicyclic amines) is 1. The molecule has 2 aromatic rings. The average molecular weight is 517 g/mol. The number of aryl methyl sites for hydroxylation is 1. The fourth-order valence-electron chi connectivity index (χ4n) is 4.52. The van der Waals surface area contributed by atoms with E-state index in [-0.39, 0.29) is 29.7 Å². The Morgan fingerprint density at radius 3 is 2.74 bits per heavy atom. The smallest absolute Gasteiger partial charge is 0.253 e. The molecule has 35 heavy (non-hydrogen) atoms. The first kappa shape index (κ1) is 25.6. The van der Waals surface area contributed by atoms with E-state index in [4.69, 9.17) is 9.40 Å². The van der Waals surface area contributed by atoms with Crippen molar-refractivity contribution in [1.82, 2.24) is 20.1 Å². The summed E-state index contributed by atoms with van der Waals surface area (Å²) < 4.78 is 5.33. The van der Waals surface area contributed by atoms with Gasteiger partial charge < -0.3 is 19.5 Å². The van der Waals surface area contributed by atoms with Gasteiger partial charge in [-0.2, -0.15) is 11.8 Å². The minimum atomic E-state index is -0.363. The van der Waals surface area contributed by atoms with Gasteiger partial charge in [-0.25, -0.2) is 0 Å². The number of hydrogen-bond donors (Lipinski definition) is 1. The van der Waals surface area contributed by atoms with Gasteiger partial charge in [0, 0.05) is 49.7 Å². The molecule has 1 N–H and O–H groups in total. The highest BCUT2D eigenvalue weighted by molar-refractivity contribution is 7.99. The molecule has 1 atom stereocenters. The van der Waals surface area contributed by atoms with Crippen LogP contribution in [-0.4, -0.2) is 75.6 Å². The minimum Gasteiger partial charge on any atom is -0.468 e. The van der Waals surface area contributed by atoms with Crippen LogP contribution in [-0.2, 0) is 15.3 Å². The third-order valence-corrected chi connectivity index (χ3v) is 8.42. The Morgan fingerprint density at radius 2 is 2.03 bits per heavy atom. The van der Waals surface area contributed by atoms with E-state index in [9.17, 15) is 14.4 Å². The summed E-state index contributed by atoms with van der Waals surface area (Å²) in [5.74, 6) is 3.72. The van der Waals surface area contributed by atoms with Crippen LogP contribution < -0.4 is 5.32 Å². The van der Waals surface area contributed by atoms with Gasteiger partial charge >= 0.3 is 0 Å². The predicted molar refractivity (Wildman–Crippen MR) is 138 cm³/mol. The Balaban J connectivity index is 1.32. The maximum Gasteiger partial charge on any atom is 0.253 e. The first-order valence-electron chi connectivity index (χ1n) is 11.9. The SMILES string of the molecule is CC(=O)N1CSCC1C(=O)N1CCC(c2nc(C)ccc2C(=O)NCCSCc2ccco2)CC1. The summed E-state index contributed by atoms with van der Waals surface area (Å²) >= 11 is 3.33. The van der Waals surface area contributed by atoms with Crippen molar-refractivity contribution in [3.8, 4) is 0 Å². The summed E-state index contributed by atoms with van der Waals surface area (Å²) in [6.07, 6.45) is 3.17. The second-order valence-corrected chi connectivity index (χ2v) is 11.0. The Hall–Kier alpha value is -2.46. The molecule has 4 rings (SSSR count). The van der Waals surface area contributed by atoms with Gasteiger partial charge in [-0.1, -0.05) is 0 Å². The molecule has 2 saturated heterocycles. The summed E-state index contributed by atoms with van der Waals surface area (Å²) in [4.78, 5) is 46.2. The van der Waals surface area contributed by atoms with Gasteiger partial charge in [0.05, 0.1) is 29.2 Å². The van der Waals surface area contributed by atoms with Gasteiger partial charge in [0.2, 0.25) is 11.8 Å². The van der Waals surface area contributed by atoms with Crippen molar-refractivity contribution in [3.63, 3.8) is 0 Å². The summed E-state index contributed by atoms with van der Waals surface area (Å²) in [6, 6.07) is 7.19. The lowest BCUT2D eigenvalue weighted by Crippen LogP contribution is -2.50. The molecule has 8 nitrogen and oxygen atoms in total. The maximum absolute atomic E-state index is 13.1. The van der Waals surface area contributed by atoms with E-state index in [0.29, 0.717) is 36.8 Å². The number of piperidine rings is 1. The van der Waals surface area contributed by atoms with Crippen molar-refractivity contribution in [3.05, 3.63) is 53.2 Å². The molecule has 2 aliphatic heterocycles. The molecule has 10 heteroatoms. The molecule has 0 aromatic carbocycles. The molecule has 2 aromatic heterocycles. The Kier molecular flexibility index (Phi) is 8.78. The lowest BCUT2D eigenvalue weighted by atomic mass is 9.89. The Bertz CT molecular complexity index is 1040. The normalized spacial score (nSPS) is 18.6. The monoisotopic (exact) mass is 516 g/mol. The molecule has 0 bridgehead atoms. The van der Waals surface area contributed by atoms with Crippen LogP contribution in [0, 0.1) is 6.92 Å². The van der Waals surface area contributed by atoms with E-state index < -0.39 is 0 Å². The number of furan rings is 1.